The summed E-state index contributed by atoms with van der Waals surface area (Å²) in [6.07, 6.45) is 0.603. The number of carbonyl (C=O) groups excluding carboxylic acids is 1. The van der Waals surface area contributed by atoms with Crippen LogP contribution in [-0.4, -0.2) is 23.0 Å². The molecular weight excluding hydrogens is 295 g/mol. The van der Waals surface area contributed by atoms with Crippen molar-refractivity contribution in [3.8, 4) is 11.3 Å². The predicted molar refractivity (Wildman–Crippen MR) is 77.9 cm³/mol. The zero-order chi connectivity index (χ0) is 15.6. The molecule has 0 N–H and O–H groups in total. The van der Waals surface area contributed by atoms with E-state index in [1.54, 1.807) is 6.92 Å². The summed E-state index contributed by atoms with van der Waals surface area (Å²) in [4.78, 5) is 20.1. The highest BCUT2D eigenvalue weighted by atomic mass is 35.5. The number of esters is 1. The highest BCUT2D eigenvalue weighted by Gasteiger charge is 2.15. The van der Waals surface area contributed by atoms with Crippen LogP contribution in [0.4, 0.5) is 4.39 Å². The van der Waals surface area contributed by atoms with Crippen LogP contribution in [-0.2, 0) is 11.2 Å². The molecule has 2 rings (SSSR count). The molecule has 110 valence electrons. The van der Waals surface area contributed by atoms with E-state index in [2.05, 4.69) is 14.7 Å². The lowest BCUT2D eigenvalue weighted by molar-refractivity contribution is 0.0600. The van der Waals surface area contributed by atoms with Gasteiger partial charge in [-0.2, -0.15) is 0 Å². The average molecular weight is 309 g/mol. The number of methoxy groups -OCH3 is 1. The van der Waals surface area contributed by atoms with Gasteiger partial charge >= 0.3 is 5.97 Å². The van der Waals surface area contributed by atoms with Crippen molar-refractivity contribution in [1.29, 1.82) is 0 Å². The van der Waals surface area contributed by atoms with Gasteiger partial charge in [-0.15, -0.1) is 0 Å². The average Bonchev–Trinajstić information content (AvgIpc) is 2.48. The molecule has 0 aliphatic rings. The van der Waals surface area contributed by atoms with Gasteiger partial charge in [-0.25, -0.2) is 19.2 Å². The van der Waals surface area contributed by atoms with Crippen LogP contribution in [0.3, 0.4) is 0 Å². The summed E-state index contributed by atoms with van der Waals surface area (Å²) in [5.74, 6) is -0.589. The maximum atomic E-state index is 13.7. The fourth-order valence-electron chi connectivity index (χ4n) is 1.93. The molecule has 0 saturated carbocycles. The van der Waals surface area contributed by atoms with E-state index in [-0.39, 0.29) is 5.56 Å². The van der Waals surface area contributed by atoms with Gasteiger partial charge in [0.25, 0.3) is 0 Å². The molecule has 0 atom stereocenters. The Kier molecular flexibility index (Phi) is 4.53. The first-order valence-corrected chi connectivity index (χ1v) is 6.76. The summed E-state index contributed by atoms with van der Waals surface area (Å²) in [7, 11) is 1.24. The van der Waals surface area contributed by atoms with E-state index >= 15 is 0 Å². The van der Waals surface area contributed by atoms with Crippen molar-refractivity contribution in [3.63, 3.8) is 0 Å². The SMILES string of the molecule is CCc1nc(Cl)c(C)c(-c2cc(F)cc(C(=O)OC)c2)n1. The summed E-state index contributed by atoms with van der Waals surface area (Å²) in [6.45, 7) is 3.65. The van der Waals surface area contributed by atoms with Crippen molar-refractivity contribution in [3.05, 3.63) is 46.1 Å². The third-order valence-corrected chi connectivity index (χ3v) is 3.41. The Hall–Kier alpha value is -2.01. The molecule has 0 fully saturated rings. The van der Waals surface area contributed by atoms with Crippen LogP contribution < -0.4 is 0 Å². The Morgan fingerprint density at radius 1 is 1.33 bits per heavy atom. The maximum absolute atomic E-state index is 13.7. The summed E-state index contributed by atoms with van der Waals surface area (Å²) < 4.78 is 18.4. The van der Waals surface area contributed by atoms with Crippen LogP contribution in [0.5, 0.6) is 0 Å². The molecule has 0 spiro atoms. The topological polar surface area (TPSA) is 52.1 Å². The maximum Gasteiger partial charge on any atom is 0.337 e. The molecule has 0 radical (unpaired) electrons. The molecule has 0 saturated heterocycles. The predicted octanol–water partition coefficient (Wildman–Crippen LogP) is 3.59. The molecule has 0 aliphatic heterocycles. The number of rotatable bonds is 3. The number of hydrogen-bond donors (Lipinski definition) is 0. The van der Waals surface area contributed by atoms with Crippen molar-refractivity contribution in [2.75, 3.05) is 7.11 Å². The molecule has 4 nitrogen and oxygen atoms in total. The molecule has 0 bridgehead atoms. The van der Waals surface area contributed by atoms with Gasteiger partial charge in [-0.3, -0.25) is 0 Å². The third kappa shape index (κ3) is 3.19. The van der Waals surface area contributed by atoms with E-state index in [0.717, 1.165) is 6.07 Å². The molecule has 1 aromatic heterocycles. The molecule has 2 aromatic rings. The van der Waals surface area contributed by atoms with Crippen LogP contribution in [0.25, 0.3) is 11.3 Å². The minimum atomic E-state index is -0.607. The van der Waals surface area contributed by atoms with Crippen LogP contribution in [0.15, 0.2) is 18.2 Å². The highest BCUT2D eigenvalue weighted by molar-refractivity contribution is 6.30. The Morgan fingerprint density at radius 3 is 2.67 bits per heavy atom. The second-order valence-corrected chi connectivity index (χ2v) is 4.84. The van der Waals surface area contributed by atoms with E-state index in [4.69, 9.17) is 11.6 Å². The number of carbonyl (C=O) groups is 1. The smallest absolute Gasteiger partial charge is 0.337 e. The normalized spacial score (nSPS) is 10.5. The number of hydrogen-bond acceptors (Lipinski definition) is 4. The number of nitrogens with zero attached hydrogens (tertiary/aromatic N) is 2. The number of halogens is 2. The Balaban J connectivity index is 2.64. The third-order valence-electron chi connectivity index (χ3n) is 3.04. The lowest BCUT2D eigenvalue weighted by Crippen LogP contribution is -2.04. The minimum absolute atomic E-state index is 0.125. The van der Waals surface area contributed by atoms with Gasteiger partial charge in [0.15, 0.2) is 0 Å². The van der Waals surface area contributed by atoms with Crippen LogP contribution in [0.2, 0.25) is 5.15 Å². The molecule has 6 heteroatoms. The lowest BCUT2D eigenvalue weighted by atomic mass is 10.0. The van der Waals surface area contributed by atoms with E-state index in [1.807, 2.05) is 6.92 Å². The number of aromatic nitrogens is 2. The molecule has 0 amide bonds. The first-order valence-electron chi connectivity index (χ1n) is 6.38. The van der Waals surface area contributed by atoms with Gasteiger partial charge in [0, 0.05) is 17.5 Å². The zero-order valence-corrected chi connectivity index (χ0v) is 12.7. The van der Waals surface area contributed by atoms with Gasteiger partial charge in [0.05, 0.1) is 18.4 Å². The standard InChI is InChI=1S/C15H14ClFN2O2/c1-4-12-18-13(8(2)14(16)19-12)9-5-10(15(20)21-3)7-11(17)6-9/h5-7H,4H2,1-3H3. The fraction of sp³-hybridized carbons (Fsp3) is 0.267. The molecule has 0 aliphatic carbocycles. The van der Waals surface area contributed by atoms with Crippen molar-refractivity contribution < 1.29 is 13.9 Å². The lowest BCUT2D eigenvalue weighted by Gasteiger charge is -2.10. The van der Waals surface area contributed by atoms with E-state index in [0.29, 0.717) is 34.2 Å². The summed E-state index contributed by atoms with van der Waals surface area (Å²) in [6, 6.07) is 3.95. The number of aryl methyl sites for hydroxylation is 1. The van der Waals surface area contributed by atoms with Crippen LogP contribution >= 0.6 is 11.6 Å². The van der Waals surface area contributed by atoms with E-state index < -0.39 is 11.8 Å². The second-order valence-electron chi connectivity index (χ2n) is 4.48. The van der Waals surface area contributed by atoms with E-state index in [1.165, 1.54) is 19.2 Å². The zero-order valence-electron chi connectivity index (χ0n) is 11.9. The van der Waals surface area contributed by atoms with Gasteiger partial charge in [-0.05, 0) is 25.1 Å². The van der Waals surface area contributed by atoms with Crippen LogP contribution in [0.1, 0.15) is 28.7 Å². The molecule has 21 heavy (non-hydrogen) atoms. The number of benzene rings is 1. The quantitative estimate of drug-likeness (QED) is 0.642. The van der Waals surface area contributed by atoms with Gasteiger partial charge < -0.3 is 4.74 Å². The summed E-state index contributed by atoms with van der Waals surface area (Å²) >= 11 is 6.08. The summed E-state index contributed by atoms with van der Waals surface area (Å²) in [5.41, 5.74) is 1.73. The van der Waals surface area contributed by atoms with E-state index in [9.17, 15) is 9.18 Å². The van der Waals surface area contributed by atoms with Gasteiger partial charge in [0.2, 0.25) is 0 Å². The summed E-state index contributed by atoms with van der Waals surface area (Å²) in [5, 5.41) is 0.320. The Labute approximate surface area is 126 Å². The Morgan fingerprint density at radius 2 is 2.05 bits per heavy atom. The van der Waals surface area contributed by atoms with Crippen molar-refractivity contribution in [1.82, 2.24) is 9.97 Å². The Bertz CT molecular complexity index is 704. The van der Waals surface area contributed by atoms with Gasteiger partial charge in [-0.1, -0.05) is 18.5 Å². The second kappa shape index (κ2) is 6.18. The molecule has 1 aromatic carbocycles. The first kappa shape index (κ1) is 15.4. The molecular formula is C15H14ClFN2O2. The fourth-order valence-corrected chi connectivity index (χ4v) is 2.12. The van der Waals surface area contributed by atoms with Crippen molar-refractivity contribution in [2.45, 2.75) is 20.3 Å². The monoisotopic (exact) mass is 308 g/mol. The van der Waals surface area contributed by atoms with Crippen molar-refractivity contribution >= 4 is 17.6 Å². The van der Waals surface area contributed by atoms with Crippen molar-refractivity contribution in [2.24, 2.45) is 0 Å². The molecule has 1 heterocycles. The molecule has 0 unspecified atom stereocenters. The largest absolute Gasteiger partial charge is 0.465 e. The van der Waals surface area contributed by atoms with Gasteiger partial charge in [0.1, 0.15) is 16.8 Å². The van der Waals surface area contributed by atoms with Crippen LogP contribution in [0, 0.1) is 12.7 Å². The first-order chi connectivity index (χ1) is 9.96. The highest BCUT2D eigenvalue weighted by Crippen LogP contribution is 2.27. The minimum Gasteiger partial charge on any atom is -0.465 e. The number of ether oxygens (including phenoxy) is 1.